The zero-order chi connectivity index (χ0) is 15.6. The highest BCUT2D eigenvalue weighted by molar-refractivity contribution is 7.89. The number of benzene rings is 1. The number of carbonyl (C=O) groups excluding carboxylic acids is 1. The average molecular weight is 348 g/mol. The molecule has 0 aliphatic carbocycles. The van der Waals surface area contributed by atoms with E-state index >= 15 is 0 Å². The Bertz CT molecular complexity index is 619. The molecule has 0 saturated carbocycles. The van der Waals surface area contributed by atoms with Crippen LogP contribution in [-0.2, 0) is 14.8 Å². The number of hydrogen-bond donors (Lipinski definition) is 2. The number of nitrogens with one attached hydrogen (secondary N) is 2. The predicted octanol–water partition coefficient (Wildman–Crippen LogP) is 1.44. The molecule has 124 valence electrons. The molecule has 0 aromatic heterocycles. The van der Waals surface area contributed by atoms with Gasteiger partial charge in [-0.1, -0.05) is 0 Å². The van der Waals surface area contributed by atoms with E-state index in [9.17, 15) is 13.2 Å². The molecular weight excluding hydrogens is 326 g/mol. The molecule has 0 radical (unpaired) electrons. The third kappa shape index (κ3) is 3.98. The first kappa shape index (κ1) is 18.9. The molecular formula is C14H22ClN3O3S. The SMILES string of the molecule is CC(=O)Nc1ccc(S(=O)(=O)N2CCNC(C)C2C)cc1.Cl. The highest BCUT2D eigenvalue weighted by Gasteiger charge is 2.34. The number of halogens is 1. The van der Waals surface area contributed by atoms with Crippen molar-refractivity contribution in [1.82, 2.24) is 9.62 Å². The summed E-state index contributed by atoms with van der Waals surface area (Å²) in [6, 6.07) is 6.28. The van der Waals surface area contributed by atoms with Crippen LogP contribution < -0.4 is 10.6 Å². The van der Waals surface area contributed by atoms with Crippen molar-refractivity contribution in [3.63, 3.8) is 0 Å². The van der Waals surface area contributed by atoms with Gasteiger partial charge in [0.05, 0.1) is 4.90 Å². The van der Waals surface area contributed by atoms with Gasteiger partial charge in [0.25, 0.3) is 0 Å². The molecule has 1 saturated heterocycles. The number of carbonyl (C=O) groups is 1. The normalized spacial score (nSPS) is 22.7. The molecule has 1 heterocycles. The Morgan fingerprint density at radius 3 is 2.41 bits per heavy atom. The first-order valence-electron chi connectivity index (χ1n) is 6.95. The number of rotatable bonds is 3. The first-order valence-corrected chi connectivity index (χ1v) is 8.39. The summed E-state index contributed by atoms with van der Waals surface area (Å²) < 4.78 is 26.9. The summed E-state index contributed by atoms with van der Waals surface area (Å²) >= 11 is 0. The van der Waals surface area contributed by atoms with Gasteiger partial charge < -0.3 is 10.6 Å². The minimum atomic E-state index is -3.51. The van der Waals surface area contributed by atoms with Crippen LogP contribution >= 0.6 is 12.4 Å². The van der Waals surface area contributed by atoms with E-state index in [1.807, 2.05) is 13.8 Å². The molecule has 1 aromatic carbocycles. The Labute approximate surface area is 137 Å². The Hall–Kier alpha value is -1.15. The number of sulfonamides is 1. The van der Waals surface area contributed by atoms with E-state index in [0.717, 1.165) is 0 Å². The minimum Gasteiger partial charge on any atom is -0.326 e. The molecule has 8 heteroatoms. The molecule has 1 aliphatic rings. The lowest BCUT2D eigenvalue weighted by Crippen LogP contribution is -2.57. The summed E-state index contributed by atoms with van der Waals surface area (Å²) in [5.74, 6) is -0.185. The van der Waals surface area contributed by atoms with Crippen LogP contribution in [0.25, 0.3) is 0 Å². The summed E-state index contributed by atoms with van der Waals surface area (Å²) in [6.45, 7) is 6.40. The molecule has 2 rings (SSSR count). The number of hydrogen-bond acceptors (Lipinski definition) is 4. The van der Waals surface area contributed by atoms with Crippen LogP contribution in [0, 0.1) is 0 Å². The largest absolute Gasteiger partial charge is 0.326 e. The van der Waals surface area contributed by atoms with Crippen molar-refractivity contribution in [2.45, 2.75) is 37.8 Å². The average Bonchev–Trinajstić information content (AvgIpc) is 2.41. The number of amides is 1. The van der Waals surface area contributed by atoms with E-state index < -0.39 is 10.0 Å². The molecule has 2 atom stereocenters. The first-order chi connectivity index (χ1) is 9.82. The Morgan fingerprint density at radius 2 is 1.86 bits per heavy atom. The van der Waals surface area contributed by atoms with Crippen molar-refractivity contribution in [2.75, 3.05) is 18.4 Å². The molecule has 1 aromatic rings. The minimum absolute atomic E-state index is 0. The summed E-state index contributed by atoms with van der Waals surface area (Å²) in [5.41, 5.74) is 0.586. The highest BCUT2D eigenvalue weighted by atomic mass is 35.5. The lowest BCUT2D eigenvalue weighted by molar-refractivity contribution is -0.114. The van der Waals surface area contributed by atoms with Crippen LogP contribution in [0.1, 0.15) is 20.8 Å². The smallest absolute Gasteiger partial charge is 0.243 e. The summed E-state index contributed by atoms with van der Waals surface area (Å²) in [7, 11) is -3.51. The maximum atomic E-state index is 12.7. The lowest BCUT2D eigenvalue weighted by atomic mass is 10.1. The molecule has 1 amide bonds. The third-order valence-corrected chi connectivity index (χ3v) is 5.76. The second-order valence-corrected chi connectivity index (χ2v) is 7.20. The Balaban J connectivity index is 0.00000242. The van der Waals surface area contributed by atoms with Gasteiger partial charge in [-0.3, -0.25) is 4.79 Å². The Morgan fingerprint density at radius 1 is 1.27 bits per heavy atom. The fourth-order valence-corrected chi connectivity index (χ4v) is 4.12. The second-order valence-electron chi connectivity index (χ2n) is 5.30. The summed E-state index contributed by atoms with van der Waals surface area (Å²) in [5, 5.41) is 5.88. The zero-order valence-electron chi connectivity index (χ0n) is 12.9. The number of anilines is 1. The van der Waals surface area contributed by atoms with E-state index in [0.29, 0.717) is 18.8 Å². The summed E-state index contributed by atoms with van der Waals surface area (Å²) in [4.78, 5) is 11.2. The molecule has 0 spiro atoms. The van der Waals surface area contributed by atoms with Crippen molar-refractivity contribution < 1.29 is 13.2 Å². The van der Waals surface area contributed by atoms with Gasteiger partial charge in [0.2, 0.25) is 15.9 Å². The van der Waals surface area contributed by atoms with Crippen LogP contribution in [-0.4, -0.2) is 43.8 Å². The molecule has 2 unspecified atom stereocenters. The maximum absolute atomic E-state index is 12.7. The molecule has 1 fully saturated rings. The van der Waals surface area contributed by atoms with Gasteiger partial charge in [-0.25, -0.2) is 8.42 Å². The van der Waals surface area contributed by atoms with Crippen LogP contribution in [0.3, 0.4) is 0 Å². The van der Waals surface area contributed by atoms with E-state index in [2.05, 4.69) is 10.6 Å². The summed E-state index contributed by atoms with van der Waals surface area (Å²) in [6.07, 6.45) is 0. The quantitative estimate of drug-likeness (QED) is 0.867. The monoisotopic (exact) mass is 347 g/mol. The van der Waals surface area contributed by atoms with E-state index in [4.69, 9.17) is 0 Å². The van der Waals surface area contributed by atoms with Crippen molar-refractivity contribution in [1.29, 1.82) is 0 Å². The molecule has 1 aliphatic heterocycles. The standard InChI is InChI=1S/C14H21N3O3S.ClH/c1-10-11(2)17(9-8-15-10)21(19,20)14-6-4-13(5-7-14)16-12(3)18;/h4-7,10-11,15H,8-9H2,1-3H3,(H,16,18);1H. The molecule has 6 nitrogen and oxygen atoms in total. The molecule has 2 N–H and O–H groups in total. The van der Waals surface area contributed by atoms with Crippen molar-refractivity contribution >= 4 is 34.0 Å². The number of piperazine rings is 1. The van der Waals surface area contributed by atoms with E-state index in [-0.39, 0.29) is 35.3 Å². The van der Waals surface area contributed by atoms with Crippen molar-refractivity contribution in [3.05, 3.63) is 24.3 Å². The van der Waals surface area contributed by atoms with E-state index in [1.165, 1.54) is 23.4 Å². The van der Waals surface area contributed by atoms with Crippen LogP contribution in [0.2, 0.25) is 0 Å². The van der Waals surface area contributed by atoms with Gasteiger partial charge in [0.1, 0.15) is 0 Å². The van der Waals surface area contributed by atoms with Gasteiger partial charge in [-0.05, 0) is 38.1 Å². The Kier molecular flexibility index (Phi) is 6.37. The van der Waals surface area contributed by atoms with E-state index in [1.54, 1.807) is 12.1 Å². The zero-order valence-corrected chi connectivity index (χ0v) is 14.5. The topological polar surface area (TPSA) is 78.5 Å². The molecule has 0 bridgehead atoms. The van der Waals surface area contributed by atoms with Gasteiger partial charge in [-0.15, -0.1) is 12.4 Å². The third-order valence-electron chi connectivity index (χ3n) is 3.76. The maximum Gasteiger partial charge on any atom is 0.243 e. The van der Waals surface area contributed by atoms with Crippen molar-refractivity contribution in [2.24, 2.45) is 0 Å². The van der Waals surface area contributed by atoms with Gasteiger partial charge in [0, 0.05) is 37.8 Å². The van der Waals surface area contributed by atoms with Gasteiger partial charge >= 0.3 is 0 Å². The number of nitrogens with zero attached hydrogens (tertiary/aromatic N) is 1. The fraction of sp³-hybridized carbons (Fsp3) is 0.500. The fourth-order valence-electron chi connectivity index (χ4n) is 2.41. The van der Waals surface area contributed by atoms with Gasteiger partial charge in [0.15, 0.2) is 0 Å². The molecule has 22 heavy (non-hydrogen) atoms. The van der Waals surface area contributed by atoms with Gasteiger partial charge in [-0.2, -0.15) is 4.31 Å². The van der Waals surface area contributed by atoms with Crippen molar-refractivity contribution in [3.8, 4) is 0 Å². The highest BCUT2D eigenvalue weighted by Crippen LogP contribution is 2.22. The lowest BCUT2D eigenvalue weighted by Gasteiger charge is -2.37. The van der Waals surface area contributed by atoms with Crippen LogP contribution in [0.5, 0.6) is 0 Å². The predicted molar refractivity (Wildman–Crippen MR) is 88.8 cm³/mol. The van der Waals surface area contributed by atoms with Crippen LogP contribution in [0.15, 0.2) is 29.2 Å². The second kappa shape index (κ2) is 7.41. The van der Waals surface area contributed by atoms with Crippen LogP contribution in [0.4, 0.5) is 5.69 Å².